The van der Waals surface area contributed by atoms with Gasteiger partial charge in [-0.3, -0.25) is 0 Å². The molecule has 0 unspecified atom stereocenters. The zero-order valence-corrected chi connectivity index (χ0v) is 11.8. The Morgan fingerprint density at radius 3 is 3.05 bits per heavy atom. The minimum Gasteiger partial charge on any atom is -0.330 e. The first-order valence-corrected chi connectivity index (χ1v) is 7.11. The van der Waals surface area contributed by atoms with Crippen molar-refractivity contribution in [2.24, 2.45) is 0 Å². The molecule has 1 aliphatic carbocycles. The number of aromatic nitrogens is 2. The Bertz CT molecular complexity index is 560. The van der Waals surface area contributed by atoms with Crippen molar-refractivity contribution in [3.05, 3.63) is 53.1 Å². The van der Waals surface area contributed by atoms with Crippen LogP contribution in [-0.4, -0.2) is 9.55 Å². The minimum absolute atomic E-state index is 0.279. The summed E-state index contributed by atoms with van der Waals surface area (Å²) in [7, 11) is 0. The van der Waals surface area contributed by atoms with Gasteiger partial charge in [0.15, 0.2) is 0 Å². The molecule has 2 aromatic rings. The van der Waals surface area contributed by atoms with Crippen molar-refractivity contribution in [2.75, 3.05) is 0 Å². The van der Waals surface area contributed by atoms with Crippen LogP contribution in [0.5, 0.6) is 0 Å². The van der Waals surface area contributed by atoms with E-state index >= 15 is 0 Å². The first kappa shape index (κ1) is 12.7. The van der Waals surface area contributed by atoms with Crippen LogP contribution in [0.3, 0.4) is 0 Å². The van der Waals surface area contributed by atoms with Crippen LogP contribution in [0.1, 0.15) is 43.1 Å². The van der Waals surface area contributed by atoms with Crippen LogP contribution in [0, 0.1) is 0 Å². The van der Waals surface area contributed by atoms with E-state index in [0.717, 1.165) is 11.6 Å². The molecule has 0 saturated heterocycles. The highest BCUT2D eigenvalue weighted by Crippen LogP contribution is 2.35. The summed E-state index contributed by atoms with van der Waals surface area (Å²) in [5.74, 6) is 0. The first-order chi connectivity index (χ1) is 9.24. The summed E-state index contributed by atoms with van der Waals surface area (Å²) in [4.78, 5) is 4.25. The van der Waals surface area contributed by atoms with Crippen molar-refractivity contribution in [3.63, 3.8) is 0 Å². The van der Waals surface area contributed by atoms with E-state index in [2.05, 4.69) is 27.9 Å². The molecular weight excluding hydrogens is 258 g/mol. The average Bonchev–Trinajstić information content (AvgIpc) is 3.15. The van der Waals surface area contributed by atoms with E-state index < -0.39 is 0 Å². The average molecular weight is 276 g/mol. The van der Waals surface area contributed by atoms with Crippen LogP contribution in [0.2, 0.25) is 5.02 Å². The molecule has 0 bridgehead atoms. The van der Waals surface area contributed by atoms with Gasteiger partial charge in [-0.25, -0.2) is 4.98 Å². The Labute approximate surface area is 118 Å². The lowest BCUT2D eigenvalue weighted by atomic mass is 10.1. The van der Waals surface area contributed by atoms with E-state index in [1.807, 2.05) is 30.7 Å². The quantitative estimate of drug-likeness (QED) is 0.901. The SMILES string of the molecule is C[C@H](NCc1cncn1C1CC1)c1cccc(Cl)c1. The van der Waals surface area contributed by atoms with Crippen LogP contribution in [0.15, 0.2) is 36.8 Å². The van der Waals surface area contributed by atoms with Crippen molar-refractivity contribution in [2.45, 2.75) is 38.4 Å². The molecule has 0 aliphatic heterocycles. The fourth-order valence-corrected chi connectivity index (χ4v) is 2.50. The van der Waals surface area contributed by atoms with E-state index in [4.69, 9.17) is 11.6 Å². The van der Waals surface area contributed by atoms with Gasteiger partial charge < -0.3 is 9.88 Å². The molecule has 0 amide bonds. The molecule has 100 valence electrons. The maximum absolute atomic E-state index is 6.02. The number of nitrogens with one attached hydrogen (secondary N) is 1. The van der Waals surface area contributed by atoms with Gasteiger partial charge >= 0.3 is 0 Å². The molecule has 1 aromatic carbocycles. The molecule has 1 aliphatic rings. The van der Waals surface area contributed by atoms with Gasteiger partial charge in [0.2, 0.25) is 0 Å². The molecule has 3 nitrogen and oxygen atoms in total. The largest absolute Gasteiger partial charge is 0.330 e. The van der Waals surface area contributed by atoms with Crippen LogP contribution >= 0.6 is 11.6 Å². The Kier molecular flexibility index (Phi) is 3.58. The minimum atomic E-state index is 0.279. The van der Waals surface area contributed by atoms with Gasteiger partial charge in [0.1, 0.15) is 0 Å². The monoisotopic (exact) mass is 275 g/mol. The molecule has 1 fully saturated rings. The number of rotatable bonds is 5. The Morgan fingerprint density at radius 1 is 1.47 bits per heavy atom. The summed E-state index contributed by atoms with van der Waals surface area (Å²) in [5.41, 5.74) is 2.47. The molecule has 0 spiro atoms. The van der Waals surface area contributed by atoms with Crippen molar-refractivity contribution in [3.8, 4) is 0 Å². The third kappa shape index (κ3) is 2.99. The summed E-state index contributed by atoms with van der Waals surface area (Å²) in [6, 6.07) is 8.96. The second-order valence-corrected chi connectivity index (χ2v) is 5.62. The predicted molar refractivity (Wildman–Crippen MR) is 77.2 cm³/mol. The number of halogens is 1. The zero-order valence-electron chi connectivity index (χ0n) is 11.0. The van der Waals surface area contributed by atoms with E-state index in [1.165, 1.54) is 24.1 Å². The van der Waals surface area contributed by atoms with Crippen molar-refractivity contribution < 1.29 is 0 Å². The Morgan fingerprint density at radius 2 is 2.32 bits per heavy atom. The normalized spacial score (nSPS) is 16.5. The smallest absolute Gasteiger partial charge is 0.0951 e. The van der Waals surface area contributed by atoms with Gasteiger partial charge in [-0.15, -0.1) is 0 Å². The fourth-order valence-electron chi connectivity index (χ4n) is 2.30. The van der Waals surface area contributed by atoms with E-state index in [-0.39, 0.29) is 6.04 Å². The van der Waals surface area contributed by atoms with E-state index in [1.54, 1.807) is 0 Å². The van der Waals surface area contributed by atoms with Gasteiger partial charge in [0.25, 0.3) is 0 Å². The molecule has 1 atom stereocenters. The summed E-state index contributed by atoms with van der Waals surface area (Å²) < 4.78 is 2.29. The summed E-state index contributed by atoms with van der Waals surface area (Å²) in [5, 5.41) is 4.32. The summed E-state index contributed by atoms with van der Waals surface area (Å²) in [6.45, 7) is 2.99. The lowest BCUT2D eigenvalue weighted by Gasteiger charge is -2.15. The van der Waals surface area contributed by atoms with Gasteiger partial charge in [0, 0.05) is 29.8 Å². The predicted octanol–water partition coefficient (Wildman–Crippen LogP) is 3.72. The molecule has 4 heteroatoms. The van der Waals surface area contributed by atoms with Crippen molar-refractivity contribution in [1.82, 2.24) is 14.9 Å². The Balaban J connectivity index is 1.63. The standard InChI is InChI=1S/C15H18ClN3/c1-11(12-3-2-4-13(16)7-12)18-9-15-8-17-10-19(15)14-5-6-14/h2-4,7-8,10-11,14,18H,5-6,9H2,1H3/t11-/m0/s1. The van der Waals surface area contributed by atoms with Crippen LogP contribution in [-0.2, 0) is 6.54 Å². The van der Waals surface area contributed by atoms with Gasteiger partial charge in [-0.1, -0.05) is 23.7 Å². The molecule has 1 aromatic heterocycles. The Hall–Kier alpha value is -1.32. The van der Waals surface area contributed by atoms with E-state index in [0.29, 0.717) is 6.04 Å². The van der Waals surface area contributed by atoms with Crippen molar-refractivity contribution in [1.29, 1.82) is 0 Å². The van der Waals surface area contributed by atoms with Crippen LogP contribution in [0.25, 0.3) is 0 Å². The molecule has 0 radical (unpaired) electrons. The van der Waals surface area contributed by atoms with Crippen molar-refractivity contribution >= 4 is 11.6 Å². The number of hydrogen-bond donors (Lipinski definition) is 1. The number of nitrogens with zero attached hydrogens (tertiary/aromatic N) is 2. The van der Waals surface area contributed by atoms with Crippen LogP contribution in [0.4, 0.5) is 0 Å². The maximum atomic E-state index is 6.02. The fraction of sp³-hybridized carbons (Fsp3) is 0.400. The summed E-state index contributed by atoms with van der Waals surface area (Å²) in [6.07, 6.45) is 6.47. The zero-order chi connectivity index (χ0) is 13.2. The van der Waals surface area contributed by atoms with Crippen LogP contribution < -0.4 is 5.32 Å². The van der Waals surface area contributed by atoms with E-state index in [9.17, 15) is 0 Å². The molecule has 3 rings (SSSR count). The molecule has 1 N–H and O–H groups in total. The second-order valence-electron chi connectivity index (χ2n) is 5.18. The number of benzene rings is 1. The second kappa shape index (κ2) is 5.35. The maximum Gasteiger partial charge on any atom is 0.0951 e. The highest BCUT2D eigenvalue weighted by atomic mass is 35.5. The number of imidazole rings is 1. The first-order valence-electron chi connectivity index (χ1n) is 6.73. The molecule has 19 heavy (non-hydrogen) atoms. The lowest BCUT2D eigenvalue weighted by molar-refractivity contribution is 0.547. The van der Waals surface area contributed by atoms with Gasteiger partial charge in [-0.05, 0) is 37.5 Å². The topological polar surface area (TPSA) is 29.9 Å². The highest BCUT2D eigenvalue weighted by molar-refractivity contribution is 6.30. The van der Waals surface area contributed by atoms with Gasteiger partial charge in [0.05, 0.1) is 12.0 Å². The third-order valence-corrected chi connectivity index (χ3v) is 3.86. The highest BCUT2D eigenvalue weighted by Gasteiger charge is 2.25. The molecule has 1 saturated carbocycles. The molecular formula is C15H18ClN3. The van der Waals surface area contributed by atoms with Gasteiger partial charge in [-0.2, -0.15) is 0 Å². The molecule has 1 heterocycles. The lowest BCUT2D eigenvalue weighted by Crippen LogP contribution is -2.19. The number of hydrogen-bond acceptors (Lipinski definition) is 2. The third-order valence-electron chi connectivity index (χ3n) is 3.62. The summed E-state index contributed by atoms with van der Waals surface area (Å²) >= 11 is 6.02.